The van der Waals surface area contributed by atoms with Crippen molar-refractivity contribution in [3.63, 3.8) is 0 Å². The van der Waals surface area contributed by atoms with Gasteiger partial charge in [0.05, 0.1) is 13.2 Å². The largest absolute Gasteiger partial charge is 0.450 e. The highest BCUT2D eigenvalue weighted by Gasteiger charge is 2.36. The van der Waals surface area contributed by atoms with Gasteiger partial charge in [0, 0.05) is 90.7 Å². The summed E-state index contributed by atoms with van der Waals surface area (Å²) in [6.07, 6.45) is 1.30. The molecule has 0 saturated carbocycles. The predicted molar refractivity (Wildman–Crippen MR) is 276 cm³/mol. The van der Waals surface area contributed by atoms with E-state index in [1.807, 2.05) is 74.5 Å². The van der Waals surface area contributed by atoms with Crippen LogP contribution in [0.5, 0.6) is 0 Å². The van der Waals surface area contributed by atoms with Crippen molar-refractivity contribution in [3.05, 3.63) is 227 Å². The molecule has 0 N–H and O–H groups in total. The van der Waals surface area contributed by atoms with Gasteiger partial charge in [-0.3, -0.25) is 19.6 Å². The molecule has 0 spiro atoms. The van der Waals surface area contributed by atoms with E-state index in [2.05, 4.69) is 19.6 Å². The van der Waals surface area contributed by atoms with Crippen molar-refractivity contribution in [3.8, 4) is 0 Å². The monoisotopic (exact) mass is 1010 g/mol. The molecule has 0 amide bonds. The topological polar surface area (TPSA) is 84.0 Å². The van der Waals surface area contributed by atoms with E-state index in [0.717, 1.165) is 71.7 Å². The minimum absolute atomic E-state index is 0.344. The average molecular weight is 1010 g/mol. The summed E-state index contributed by atoms with van der Waals surface area (Å²) < 4.78 is 80.2. The molecule has 0 radical (unpaired) electrons. The lowest BCUT2D eigenvalue weighted by Crippen LogP contribution is -2.52. The maximum Gasteiger partial charge on any atom is 0.331 e. The van der Waals surface area contributed by atoms with Crippen LogP contribution < -0.4 is 0 Å². The lowest BCUT2D eigenvalue weighted by Gasteiger charge is -2.40. The van der Waals surface area contributed by atoms with Gasteiger partial charge in [-0.05, 0) is 95.8 Å². The van der Waals surface area contributed by atoms with E-state index in [9.17, 15) is 27.2 Å². The molecule has 10 nitrogen and oxygen atoms in total. The molecular weight excluding hydrogens is 949 g/mol. The molecule has 0 unspecified atom stereocenters. The number of hydrogen-bond donors (Lipinski definition) is 0. The van der Waals surface area contributed by atoms with Crippen LogP contribution in [0.3, 0.4) is 0 Å². The molecule has 74 heavy (non-hydrogen) atoms. The summed E-state index contributed by atoms with van der Waals surface area (Å²) >= 11 is 0. The first-order valence-corrected chi connectivity index (χ1v) is 25.2. The van der Waals surface area contributed by atoms with Crippen LogP contribution in [-0.4, -0.2) is 123 Å². The molecule has 2 heterocycles. The molecule has 6 aromatic rings. The highest BCUT2D eigenvalue weighted by Crippen LogP contribution is 2.32. The van der Waals surface area contributed by atoms with Gasteiger partial charge in [-0.15, -0.1) is 0 Å². The van der Waals surface area contributed by atoms with Crippen molar-refractivity contribution in [2.24, 2.45) is 0 Å². The van der Waals surface area contributed by atoms with Gasteiger partial charge in [0.15, 0.2) is 0 Å². The number of rotatable bonds is 22. The second-order valence-electron chi connectivity index (χ2n) is 19.3. The third-order valence-corrected chi connectivity index (χ3v) is 13.8. The van der Waals surface area contributed by atoms with E-state index in [4.69, 9.17) is 18.9 Å². The van der Waals surface area contributed by atoms with Gasteiger partial charge in [-0.25, -0.2) is 27.2 Å². The molecule has 2 saturated heterocycles. The number of hydrogen-bond acceptors (Lipinski definition) is 10. The average Bonchev–Trinajstić information content (AvgIpc) is 3.41. The zero-order valence-corrected chi connectivity index (χ0v) is 42.0. The SMILES string of the molecule is C[C@@](CN1CCN(CCOC(c2ccc(F)cc2)c2ccc(F)cc2)CC1)(OC(=O)/C=C\C(=O)O[C@@](C)(CN1CCN(CCOC(c2ccc(F)cc2)c2ccc(F)cc2)CC1)c1ccccc1)c1ccccc1. The number of carbonyl (C=O) groups excluding carboxylic acids is 2. The molecule has 8 rings (SSSR count). The summed E-state index contributed by atoms with van der Waals surface area (Å²) in [4.78, 5) is 36.4. The fraction of sp³-hybridized carbons (Fsp3) is 0.333. The zero-order valence-electron chi connectivity index (χ0n) is 42.0. The molecule has 2 fully saturated rings. The number of nitrogens with zero attached hydrogens (tertiary/aromatic N) is 4. The van der Waals surface area contributed by atoms with Crippen molar-refractivity contribution in [1.82, 2.24) is 19.6 Å². The van der Waals surface area contributed by atoms with Gasteiger partial charge in [0.25, 0.3) is 0 Å². The predicted octanol–water partition coefficient (Wildman–Crippen LogP) is 9.86. The summed E-state index contributed by atoms with van der Waals surface area (Å²) in [7, 11) is 0. The lowest BCUT2D eigenvalue weighted by molar-refractivity contribution is -0.158. The van der Waals surface area contributed by atoms with E-state index in [1.165, 1.54) is 48.5 Å². The van der Waals surface area contributed by atoms with Crippen LogP contribution in [0.2, 0.25) is 0 Å². The minimum atomic E-state index is -1.05. The van der Waals surface area contributed by atoms with Crippen molar-refractivity contribution in [2.75, 3.05) is 91.8 Å². The molecule has 2 aliphatic rings. The number of carbonyl (C=O) groups is 2. The molecule has 0 aliphatic carbocycles. The lowest BCUT2D eigenvalue weighted by atomic mass is 9.94. The number of ether oxygens (including phenoxy) is 4. The maximum atomic E-state index is 13.8. The van der Waals surface area contributed by atoms with Gasteiger partial charge in [-0.2, -0.15) is 0 Å². The molecule has 2 atom stereocenters. The summed E-state index contributed by atoms with van der Waals surface area (Å²) in [5.41, 5.74) is 2.64. The Morgan fingerprint density at radius 3 is 0.986 bits per heavy atom. The fourth-order valence-electron chi connectivity index (χ4n) is 9.71. The van der Waals surface area contributed by atoms with Gasteiger partial charge < -0.3 is 18.9 Å². The molecular formula is C60H64F4N4O6. The minimum Gasteiger partial charge on any atom is -0.450 e. The van der Waals surface area contributed by atoms with Crippen molar-refractivity contribution >= 4 is 11.9 Å². The van der Waals surface area contributed by atoms with Crippen molar-refractivity contribution in [2.45, 2.75) is 37.3 Å². The van der Waals surface area contributed by atoms with Crippen LogP contribution in [-0.2, 0) is 39.7 Å². The van der Waals surface area contributed by atoms with Crippen molar-refractivity contribution < 1.29 is 46.1 Å². The van der Waals surface area contributed by atoms with E-state index < -0.39 is 35.3 Å². The summed E-state index contributed by atoms with van der Waals surface area (Å²) in [5, 5.41) is 0. The van der Waals surface area contributed by atoms with E-state index in [1.54, 1.807) is 48.5 Å². The van der Waals surface area contributed by atoms with E-state index in [-0.39, 0.29) is 23.3 Å². The molecule has 14 heteroatoms. The van der Waals surface area contributed by atoms with Crippen LogP contribution in [0.15, 0.2) is 170 Å². The number of halogens is 4. The van der Waals surface area contributed by atoms with Crippen LogP contribution in [0, 0.1) is 23.3 Å². The fourth-order valence-corrected chi connectivity index (χ4v) is 9.71. The second-order valence-corrected chi connectivity index (χ2v) is 19.3. The first-order chi connectivity index (χ1) is 35.8. The van der Waals surface area contributed by atoms with E-state index in [0.29, 0.717) is 65.6 Å². The Balaban J connectivity index is 0.826. The first kappa shape index (κ1) is 53.8. The standard InChI is InChI=1S/C60H64F4N4O6/c1-59(49-9-5-3-6-10-49,43-67-35-31-65(32-36-67)39-41-71-57(45-13-21-51(61)22-14-45)46-15-23-52(62)24-16-46)73-55(69)29-30-56(70)74-60(2,50-11-7-4-8-12-50)44-68-37-33-66(34-38-68)40-42-72-58(47-17-25-53(63)26-18-47)48-19-27-54(64)28-20-48/h3-30,57-58H,31-44H2,1-2H3/b30-29-/t59-,60-/m0/s1. The third-order valence-electron chi connectivity index (χ3n) is 13.8. The Morgan fingerprint density at radius 2 is 0.703 bits per heavy atom. The highest BCUT2D eigenvalue weighted by molar-refractivity contribution is 5.92. The maximum absolute atomic E-state index is 13.8. The van der Waals surface area contributed by atoms with Gasteiger partial charge in [0.1, 0.15) is 46.7 Å². The summed E-state index contributed by atoms with van der Waals surface area (Å²) in [6.45, 7) is 12.5. The normalized spacial score (nSPS) is 16.8. The van der Waals surface area contributed by atoms with Crippen LogP contribution in [0.4, 0.5) is 17.6 Å². The van der Waals surface area contributed by atoms with Gasteiger partial charge in [-0.1, -0.05) is 109 Å². The highest BCUT2D eigenvalue weighted by atomic mass is 19.1. The van der Waals surface area contributed by atoms with E-state index >= 15 is 0 Å². The number of piperazine rings is 2. The number of benzene rings is 6. The Morgan fingerprint density at radius 1 is 0.432 bits per heavy atom. The zero-order chi connectivity index (χ0) is 51.9. The Labute approximate surface area is 431 Å². The van der Waals surface area contributed by atoms with Gasteiger partial charge >= 0.3 is 11.9 Å². The third kappa shape index (κ3) is 15.1. The van der Waals surface area contributed by atoms with Crippen LogP contribution >= 0.6 is 0 Å². The molecule has 2 aliphatic heterocycles. The van der Waals surface area contributed by atoms with Crippen LogP contribution in [0.25, 0.3) is 0 Å². The Kier molecular flexibility index (Phi) is 18.6. The van der Waals surface area contributed by atoms with Crippen molar-refractivity contribution in [1.29, 1.82) is 0 Å². The van der Waals surface area contributed by atoms with Gasteiger partial charge in [0.2, 0.25) is 0 Å². The summed E-state index contributed by atoms with van der Waals surface area (Å²) in [5.74, 6) is -2.73. The second kappa shape index (κ2) is 25.6. The molecule has 0 bridgehead atoms. The molecule has 0 aromatic heterocycles. The Bertz CT molecular complexity index is 2440. The molecule has 6 aromatic carbocycles. The Hall–Kier alpha value is -6.52. The quantitative estimate of drug-likeness (QED) is 0.0373. The smallest absolute Gasteiger partial charge is 0.331 e. The summed E-state index contributed by atoms with van der Waals surface area (Å²) in [6, 6.07) is 43.7. The number of esters is 2. The van der Waals surface area contributed by atoms with Crippen LogP contribution in [0.1, 0.15) is 59.4 Å². The first-order valence-electron chi connectivity index (χ1n) is 25.2. The molecule has 388 valence electrons.